The highest BCUT2D eigenvalue weighted by Gasteiger charge is 2.13. The average molecular weight is 300 g/mol. The summed E-state index contributed by atoms with van der Waals surface area (Å²) in [7, 11) is 1.98. The highest BCUT2D eigenvalue weighted by Crippen LogP contribution is 2.19. The van der Waals surface area contributed by atoms with Crippen LogP contribution in [-0.4, -0.2) is 19.3 Å². The first-order valence-corrected chi connectivity index (χ1v) is 7.80. The van der Waals surface area contributed by atoms with Gasteiger partial charge in [0.25, 0.3) is 0 Å². The van der Waals surface area contributed by atoms with E-state index in [0.29, 0.717) is 0 Å². The normalized spacial score (nSPS) is 11.3. The van der Waals surface area contributed by atoms with Crippen molar-refractivity contribution < 1.29 is 0 Å². The summed E-state index contributed by atoms with van der Waals surface area (Å²) in [4.78, 5) is 3.31. The number of hydrogen-bond donors (Lipinski definition) is 1. The molecule has 0 radical (unpaired) electrons. The first-order valence-electron chi connectivity index (χ1n) is 7.39. The van der Waals surface area contributed by atoms with Crippen LogP contribution in [0, 0.1) is 4.77 Å². The van der Waals surface area contributed by atoms with Gasteiger partial charge in [0.05, 0.1) is 5.69 Å². The van der Waals surface area contributed by atoms with Gasteiger partial charge in [-0.25, -0.2) is 0 Å². The first-order chi connectivity index (χ1) is 10.2. The van der Waals surface area contributed by atoms with Crippen molar-refractivity contribution in [3.05, 3.63) is 46.4 Å². The fraction of sp³-hybridized carbons (Fsp3) is 0.375. The molecule has 0 aliphatic rings. The third kappa shape index (κ3) is 2.65. The van der Waals surface area contributed by atoms with E-state index in [9.17, 15) is 0 Å². The van der Waals surface area contributed by atoms with Gasteiger partial charge in [0.15, 0.2) is 10.4 Å². The molecule has 0 amide bonds. The molecule has 0 saturated heterocycles. The van der Waals surface area contributed by atoms with E-state index in [1.807, 2.05) is 11.7 Å². The molecule has 0 saturated carbocycles. The Kier molecular flexibility index (Phi) is 3.92. The van der Waals surface area contributed by atoms with Crippen LogP contribution in [-0.2, 0) is 26.4 Å². The molecule has 1 N–H and O–H groups in total. The lowest BCUT2D eigenvalue weighted by atomic mass is 10.1. The van der Waals surface area contributed by atoms with E-state index in [1.165, 1.54) is 5.56 Å². The Bertz CT molecular complexity index is 795. The number of rotatable bonds is 5. The second-order valence-electron chi connectivity index (χ2n) is 5.29. The maximum Gasteiger partial charge on any atom is 0.179 e. The molecule has 1 aromatic carbocycles. The zero-order valence-electron chi connectivity index (χ0n) is 12.5. The maximum absolute atomic E-state index is 5.47. The molecule has 21 heavy (non-hydrogen) atoms. The molecule has 4 nitrogen and oxygen atoms in total. The SMILES string of the molecule is CCc1nn(C)c2c1[nH]c(=S)n2CCCc1ccccc1. The number of hydrogen-bond acceptors (Lipinski definition) is 2. The zero-order valence-corrected chi connectivity index (χ0v) is 13.3. The molecule has 2 heterocycles. The van der Waals surface area contributed by atoms with Gasteiger partial charge in [0, 0.05) is 13.6 Å². The fourth-order valence-corrected chi connectivity index (χ4v) is 3.10. The number of benzene rings is 1. The molecule has 2 aromatic heterocycles. The van der Waals surface area contributed by atoms with Crippen LogP contribution < -0.4 is 0 Å². The van der Waals surface area contributed by atoms with E-state index in [4.69, 9.17) is 12.2 Å². The lowest BCUT2D eigenvalue weighted by Crippen LogP contribution is -2.04. The number of aryl methyl sites for hydroxylation is 4. The van der Waals surface area contributed by atoms with E-state index in [2.05, 4.69) is 51.9 Å². The number of aromatic amines is 1. The molecule has 0 unspecified atom stereocenters. The van der Waals surface area contributed by atoms with Crippen LogP contribution in [0.15, 0.2) is 30.3 Å². The number of nitrogens with one attached hydrogen (secondary N) is 1. The topological polar surface area (TPSA) is 38.5 Å². The summed E-state index contributed by atoms with van der Waals surface area (Å²) in [5.74, 6) is 0. The average Bonchev–Trinajstić information content (AvgIpc) is 2.98. The number of H-pyrrole nitrogens is 1. The van der Waals surface area contributed by atoms with Crippen molar-refractivity contribution in [1.29, 1.82) is 0 Å². The third-order valence-corrected chi connectivity index (χ3v) is 4.17. The van der Waals surface area contributed by atoms with Gasteiger partial charge in [-0.1, -0.05) is 37.3 Å². The molecular weight excluding hydrogens is 280 g/mol. The molecule has 0 bridgehead atoms. The lowest BCUT2D eigenvalue weighted by molar-refractivity contribution is 0.625. The standard InChI is InChI=1S/C16H20N4S/c1-3-13-14-15(19(2)18-13)20(16(21)17-14)11-7-10-12-8-5-4-6-9-12/h4-6,8-9H,3,7,10-11H2,1-2H3,(H,17,21). The minimum Gasteiger partial charge on any atom is -0.328 e. The predicted octanol–water partition coefficient (Wildman–Crippen LogP) is 3.63. The zero-order chi connectivity index (χ0) is 14.8. The number of aromatic nitrogens is 4. The van der Waals surface area contributed by atoms with Crippen molar-refractivity contribution in [1.82, 2.24) is 19.3 Å². The van der Waals surface area contributed by atoms with Crippen LogP contribution in [0.4, 0.5) is 0 Å². The number of nitrogens with zero attached hydrogens (tertiary/aromatic N) is 3. The minimum absolute atomic E-state index is 0.792. The molecule has 0 aliphatic carbocycles. The Morgan fingerprint density at radius 1 is 1.24 bits per heavy atom. The van der Waals surface area contributed by atoms with Crippen LogP contribution >= 0.6 is 12.2 Å². The van der Waals surface area contributed by atoms with Crippen molar-refractivity contribution >= 4 is 23.4 Å². The van der Waals surface area contributed by atoms with Gasteiger partial charge in [-0.3, -0.25) is 4.68 Å². The van der Waals surface area contributed by atoms with E-state index >= 15 is 0 Å². The fourth-order valence-electron chi connectivity index (χ4n) is 2.82. The number of imidazole rings is 1. The van der Waals surface area contributed by atoms with Gasteiger partial charge >= 0.3 is 0 Å². The first kappa shape index (κ1) is 14.1. The Morgan fingerprint density at radius 2 is 2.00 bits per heavy atom. The summed E-state index contributed by atoms with van der Waals surface area (Å²) in [6.07, 6.45) is 3.04. The molecular formula is C16H20N4S. The highest BCUT2D eigenvalue weighted by molar-refractivity contribution is 7.71. The summed E-state index contributed by atoms with van der Waals surface area (Å²) < 4.78 is 4.89. The smallest absolute Gasteiger partial charge is 0.179 e. The summed E-state index contributed by atoms with van der Waals surface area (Å²) in [5.41, 5.74) is 4.64. The van der Waals surface area contributed by atoms with Crippen LogP contribution in [0.2, 0.25) is 0 Å². The van der Waals surface area contributed by atoms with Gasteiger partial charge in [-0.15, -0.1) is 0 Å². The summed E-state index contributed by atoms with van der Waals surface area (Å²) in [6, 6.07) is 10.6. The van der Waals surface area contributed by atoms with Crippen LogP contribution in [0.1, 0.15) is 24.6 Å². The molecule has 0 fully saturated rings. The van der Waals surface area contributed by atoms with Gasteiger partial charge in [0.2, 0.25) is 0 Å². The molecule has 5 heteroatoms. The van der Waals surface area contributed by atoms with Crippen LogP contribution in [0.25, 0.3) is 11.2 Å². The van der Waals surface area contributed by atoms with Crippen LogP contribution in [0.3, 0.4) is 0 Å². The minimum atomic E-state index is 0.792. The van der Waals surface area contributed by atoms with Crippen LogP contribution in [0.5, 0.6) is 0 Å². The Hall–Kier alpha value is -1.88. The molecule has 0 atom stereocenters. The molecule has 0 aliphatic heterocycles. The molecule has 0 spiro atoms. The summed E-state index contributed by atoms with van der Waals surface area (Å²) in [6.45, 7) is 3.03. The molecule has 110 valence electrons. The Labute approximate surface area is 129 Å². The summed E-state index contributed by atoms with van der Waals surface area (Å²) >= 11 is 5.47. The third-order valence-electron chi connectivity index (χ3n) is 3.85. The van der Waals surface area contributed by atoms with E-state index in [-0.39, 0.29) is 0 Å². The Balaban J connectivity index is 1.82. The largest absolute Gasteiger partial charge is 0.328 e. The van der Waals surface area contributed by atoms with Crippen molar-refractivity contribution in [2.24, 2.45) is 7.05 Å². The van der Waals surface area contributed by atoms with Crippen molar-refractivity contribution in [2.75, 3.05) is 0 Å². The molecule has 3 aromatic rings. The quantitative estimate of drug-likeness (QED) is 0.731. The lowest BCUT2D eigenvalue weighted by Gasteiger charge is -2.05. The maximum atomic E-state index is 5.47. The highest BCUT2D eigenvalue weighted by atomic mass is 32.1. The van der Waals surface area contributed by atoms with Gasteiger partial charge < -0.3 is 9.55 Å². The Morgan fingerprint density at radius 3 is 2.71 bits per heavy atom. The monoisotopic (exact) mass is 300 g/mol. The second-order valence-corrected chi connectivity index (χ2v) is 5.68. The van der Waals surface area contributed by atoms with Gasteiger partial charge in [0.1, 0.15) is 5.52 Å². The van der Waals surface area contributed by atoms with E-state index in [0.717, 1.165) is 47.4 Å². The van der Waals surface area contributed by atoms with E-state index in [1.54, 1.807) is 0 Å². The van der Waals surface area contributed by atoms with Crippen molar-refractivity contribution in [2.45, 2.75) is 32.7 Å². The molecule has 3 rings (SSSR count). The summed E-state index contributed by atoms with van der Waals surface area (Å²) in [5, 5.41) is 4.55. The van der Waals surface area contributed by atoms with E-state index < -0.39 is 0 Å². The number of fused-ring (bicyclic) bond motifs is 1. The van der Waals surface area contributed by atoms with Crippen molar-refractivity contribution in [3.63, 3.8) is 0 Å². The second kappa shape index (κ2) is 5.85. The predicted molar refractivity (Wildman–Crippen MR) is 88.0 cm³/mol. The van der Waals surface area contributed by atoms with Gasteiger partial charge in [-0.2, -0.15) is 5.10 Å². The van der Waals surface area contributed by atoms with Gasteiger partial charge in [-0.05, 0) is 37.0 Å². The van der Waals surface area contributed by atoms with Crippen molar-refractivity contribution in [3.8, 4) is 0 Å².